The summed E-state index contributed by atoms with van der Waals surface area (Å²) >= 11 is 0. The first-order valence-electron chi connectivity index (χ1n) is 4.93. The summed E-state index contributed by atoms with van der Waals surface area (Å²) in [5.41, 5.74) is 0.832. The van der Waals surface area contributed by atoms with Crippen LogP contribution in [0.25, 0.3) is 11.4 Å². The second-order valence-corrected chi connectivity index (χ2v) is 4.74. The summed E-state index contributed by atoms with van der Waals surface area (Å²) in [5.74, 6) is -0.195. The van der Waals surface area contributed by atoms with E-state index in [1.54, 1.807) is 12.1 Å². The first-order valence-corrected chi connectivity index (χ1v) is 6.49. The molecule has 0 radical (unpaired) electrons. The Bertz CT molecular complexity index is 597. The van der Waals surface area contributed by atoms with Gasteiger partial charge < -0.3 is 4.74 Å². The zero-order valence-electron chi connectivity index (χ0n) is 9.71. The van der Waals surface area contributed by atoms with Crippen LogP contribution in [0.3, 0.4) is 0 Å². The predicted octanol–water partition coefficient (Wildman–Crippen LogP) is 0.391. The molecule has 1 unspecified atom stereocenters. The topological polar surface area (TPSA) is 97.8 Å². The molecule has 0 saturated heterocycles. The molecule has 1 aromatic heterocycles. The minimum absolute atomic E-state index is 0.237. The van der Waals surface area contributed by atoms with Crippen molar-refractivity contribution in [3.05, 3.63) is 23.8 Å². The Balaban J connectivity index is 2.55. The molecule has 2 rings (SSSR count). The third kappa shape index (κ3) is 2.28. The molecule has 94 valence electrons. The lowest BCUT2D eigenvalue weighted by Gasteiger charge is -2.06. The third-order valence-corrected chi connectivity index (χ3v) is 3.27. The van der Waals surface area contributed by atoms with Gasteiger partial charge in [-0.1, -0.05) is 0 Å². The highest BCUT2D eigenvalue weighted by Crippen LogP contribution is 2.21. The molecule has 0 aliphatic rings. The van der Waals surface area contributed by atoms with Crippen molar-refractivity contribution < 1.29 is 13.7 Å². The number of ether oxygens (including phenoxy) is 1. The van der Waals surface area contributed by atoms with E-state index in [0.717, 1.165) is 0 Å². The maximum Gasteiger partial charge on any atom is 0.339 e. The Morgan fingerprint density at radius 3 is 2.78 bits per heavy atom. The van der Waals surface area contributed by atoms with Crippen LogP contribution in [0, 0.1) is 0 Å². The molecule has 1 atom stereocenters. The SMILES string of the molecule is COC(=O)c1cc(-c2nn[nH]n2)ccc1S(C)=O. The molecule has 0 spiro atoms. The second-order valence-electron chi connectivity index (χ2n) is 3.39. The molecule has 0 fully saturated rings. The highest BCUT2D eigenvalue weighted by Gasteiger charge is 2.16. The number of H-pyrrole nitrogens is 1. The van der Waals surface area contributed by atoms with Crippen LogP contribution in [0.15, 0.2) is 23.1 Å². The van der Waals surface area contributed by atoms with Gasteiger partial charge in [-0.3, -0.25) is 4.21 Å². The number of hydrogen-bond acceptors (Lipinski definition) is 6. The first kappa shape index (κ1) is 12.4. The molecule has 0 bridgehead atoms. The van der Waals surface area contributed by atoms with Crippen LogP contribution in [0.4, 0.5) is 0 Å². The molecule has 7 nitrogen and oxygen atoms in total. The smallest absolute Gasteiger partial charge is 0.339 e. The van der Waals surface area contributed by atoms with E-state index in [0.29, 0.717) is 16.3 Å². The van der Waals surface area contributed by atoms with Crippen molar-refractivity contribution in [2.45, 2.75) is 4.90 Å². The van der Waals surface area contributed by atoms with E-state index in [4.69, 9.17) is 0 Å². The lowest BCUT2D eigenvalue weighted by atomic mass is 10.1. The van der Waals surface area contributed by atoms with Gasteiger partial charge in [-0.25, -0.2) is 4.79 Å². The fourth-order valence-corrected chi connectivity index (χ4v) is 2.18. The number of esters is 1. The molecule has 1 aromatic carbocycles. The quantitative estimate of drug-likeness (QED) is 0.807. The van der Waals surface area contributed by atoms with Crippen molar-refractivity contribution in [1.29, 1.82) is 0 Å². The average Bonchev–Trinajstić information content (AvgIpc) is 2.90. The normalized spacial score (nSPS) is 12.1. The number of rotatable bonds is 3. The van der Waals surface area contributed by atoms with E-state index in [1.807, 2.05) is 0 Å². The standard InChI is InChI=1S/C10H10N4O3S/c1-17-10(15)7-5-6(9-11-13-14-12-9)3-4-8(7)18(2)16/h3-5H,1-2H3,(H,11,12,13,14). The van der Waals surface area contributed by atoms with Gasteiger partial charge in [-0.2, -0.15) is 5.21 Å². The Labute approximate surface area is 105 Å². The third-order valence-electron chi connectivity index (χ3n) is 2.30. The van der Waals surface area contributed by atoms with Gasteiger partial charge in [0.25, 0.3) is 0 Å². The molecular weight excluding hydrogens is 256 g/mol. The van der Waals surface area contributed by atoms with Crippen LogP contribution < -0.4 is 0 Å². The van der Waals surface area contributed by atoms with Crippen molar-refractivity contribution in [1.82, 2.24) is 20.6 Å². The lowest BCUT2D eigenvalue weighted by Crippen LogP contribution is -2.07. The van der Waals surface area contributed by atoms with Crippen LogP contribution in [0.5, 0.6) is 0 Å². The summed E-state index contributed by atoms with van der Waals surface area (Å²) in [6.45, 7) is 0. The first-order chi connectivity index (χ1) is 8.63. The number of aromatic nitrogens is 4. The van der Waals surface area contributed by atoms with Gasteiger partial charge >= 0.3 is 5.97 Å². The number of nitrogens with zero attached hydrogens (tertiary/aromatic N) is 3. The van der Waals surface area contributed by atoms with Crippen LogP contribution in [0.2, 0.25) is 0 Å². The van der Waals surface area contributed by atoms with Crippen LogP contribution in [-0.4, -0.2) is 44.2 Å². The summed E-state index contributed by atoms with van der Waals surface area (Å²) < 4.78 is 16.2. The number of methoxy groups -OCH3 is 1. The van der Waals surface area contributed by atoms with E-state index in [-0.39, 0.29) is 5.56 Å². The minimum atomic E-state index is -1.28. The Morgan fingerprint density at radius 1 is 1.44 bits per heavy atom. The summed E-state index contributed by atoms with van der Waals surface area (Å²) in [7, 11) is -0.0133. The zero-order valence-corrected chi connectivity index (χ0v) is 10.5. The van der Waals surface area contributed by atoms with Gasteiger partial charge in [-0.15, -0.1) is 10.2 Å². The molecule has 18 heavy (non-hydrogen) atoms. The molecule has 2 aromatic rings. The van der Waals surface area contributed by atoms with Crippen LogP contribution >= 0.6 is 0 Å². The van der Waals surface area contributed by atoms with Crippen LogP contribution in [0.1, 0.15) is 10.4 Å². The summed E-state index contributed by atoms with van der Waals surface area (Å²) in [6.07, 6.45) is 1.50. The number of benzene rings is 1. The van der Waals surface area contributed by atoms with Gasteiger partial charge in [0.1, 0.15) is 0 Å². The number of nitrogens with one attached hydrogen (secondary N) is 1. The second kappa shape index (κ2) is 5.05. The molecule has 0 aliphatic heterocycles. The molecule has 0 aliphatic carbocycles. The largest absolute Gasteiger partial charge is 0.465 e. The average molecular weight is 266 g/mol. The number of carbonyl (C=O) groups is 1. The number of carbonyl (C=O) groups excluding carboxylic acids is 1. The van der Waals surface area contributed by atoms with Crippen molar-refractivity contribution in [2.24, 2.45) is 0 Å². The maximum absolute atomic E-state index is 11.6. The van der Waals surface area contributed by atoms with Gasteiger partial charge in [-0.05, 0) is 23.4 Å². The van der Waals surface area contributed by atoms with Crippen molar-refractivity contribution in [3.63, 3.8) is 0 Å². The molecule has 8 heteroatoms. The summed E-state index contributed by atoms with van der Waals surface area (Å²) in [6, 6.07) is 4.80. The highest BCUT2D eigenvalue weighted by molar-refractivity contribution is 7.84. The van der Waals surface area contributed by atoms with Crippen molar-refractivity contribution in [2.75, 3.05) is 13.4 Å². The summed E-state index contributed by atoms with van der Waals surface area (Å²) in [4.78, 5) is 12.1. The van der Waals surface area contributed by atoms with Crippen molar-refractivity contribution in [3.8, 4) is 11.4 Å². The van der Waals surface area contributed by atoms with E-state index in [9.17, 15) is 9.00 Å². The van der Waals surface area contributed by atoms with E-state index < -0.39 is 16.8 Å². The maximum atomic E-state index is 11.6. The van der Waals surface area contributed by atoms with Gasteiger partial charge in [0.15, 0.2) is 0 Å². The number of hydrogen-bond donors (Lipinski definition) is 1. The van der Waals surface area contributed by atoms with Crippen LogP contribution in [-0.2, 0) is 15.5 Å². The minimum Gasteiger partial charge on any atom is -0.465 e. The van der Waals surface area contributed by atoms with Gasteiger partial charge in [0.05, 0.1) is 28.4 Å². The lowest BCUT2D eigenvalue weighted by molar-refractivity contribution is 0.0596. The molecule has 1 N–H and O–H groups in total. The van der Waals surface area contributed by atoms with Gasteiger partial charge in [0, 0.05) is 11.8 Å². The highest BCUT2D eigenvalue weighted by atomic mass is 32.2. The number of aromatic amines is 1. The predicted molar refractivity (Wildman–Crippen MR) is 63.3 cm³/mol. The monoisotopic (exact) mass is 266 g/mol. The van der Waals surface area contributed by atoms with E-state index >= 15 is 0 Å². The van der Waals surface area contributed by atoms with E-state index in [1.165, 1.54) is 19.4 Å². The Kier molecular flexibility index (Phi) is 3.47. The fourth-order valence-electron chi connectivity index (χ4n) is 1.47. The molecule has 0 saturated carbocycles. The summed E-state index contributed by atoms with van der Waals surface area (Å²) in [5, 5.41) is 13.4. The molecule has 0 amide bonds. The fraction of sp³-hybridized carbons (Fsp3) is 0.200. The Morgan fingerprint density at radius 2 is 2.22 bits per heavy atom. The zero-order chi connectivity index (χ0) is 13.1. The van der Waals surface area contributed by atoms with E-state index in [2.05, 4.69) is 25.4 Å². The van der Waals surface area contributed by atoms with Crippen molar-refractivity contribution >= 4 is 16.8 Å². The molecular formula is C10H10N4O3S. The molecule has 1 heterocycles. The van der Waals surface area contributed by atoms with Gasteiger partial charge in [0.2, 0.25) is 5.82 Å². The Hall–Kier alpha value is -2.09. The number of tetrazole rings is 1.